The number of sulfonamides is 1. The lowest BCUT2D eigenvalue weighted by molar-refractivity contribution is -0.114. The molecule has 0 radical (unpaired) electrons. The summed E-state index contributed by atoms with van der Waals surface area (Å²) in [7, 11) is -2.14. The molecule has 2 N–H and O–H groups in total. The Kier molecular flexibility index (Phi) is 5.58. The third-order valence-electron chi connectivity index (χ3n) is 3.44. The third-order valence-corrected chi connectivity index (χ3v) is 5.00. The van der Waals surface area contributed by atoms with Gasteiger partial charge < -0.3 is 10.1 Å². The van der Waals surface area contributed by atoms with Crippen LogP contribution in [-0.4, -0.2) is 21.4 Å². The van der Waals surface area contributed by atoms with Crippen LogP contribution in [0.15, 0.2) is 47.4 Å². The highest BCUT2D eigenvalue weighted by molar-refractivity contribution is 7.89. The molecule has 0 aliphatic heterocycles. The summed E-state index contributed by atoms with van der Waals surface area (Å²) in [4.78, 5) is 11.4. The van der Waals surface area contributed by atoms with Gasteiger partial charge >= 0.3 is 0 Å². The second-order valence-corrected chi connectivity index (χ2v) is 7.03. The summed E-state index contributed by atoms with van der Waals surface area (Å²) in [5.74, 6) is 0.336. The molecule has 0 fully saturated rings. The zero-order valence-electron chi connectivity index (χ0n) is 13.8. The van der Waals surface area contributed by atoms with E-state index in [4.69, 9.17) is 4.74 Å². The first-order valence-electron chi connectivity index (χ1n) is 7.33. The van der Waals surface area contributed by atoms with E-state index in [1.165, 1.54) is 14.0 Å². The average molecular weight is 348 g/mol. The average Bonchev–Trinajstić information content (AvgIpc) is 2.53. The van der Waals surface area contributed by atoms with Crippen molar-refractivity contribution in [2.75, 3.05) is 12.4 Å². The van der Waals surface area contributed by atoms with Gasteiger partial charge in [0, 0.05) is 24.7 Å². The van der Waals surface area contributed by atoms with Gasteiger partial charge in [-0.3, -0.25) is 4.79 Å². The minimum absolute atomic E-state index is 0.0489. The van der Waals surface area contributed by atoms with Crippen molar-refractivity contribution >= 4 is 21.6 Å². The monoisotopic (exact) mass is 348 g/mol. The van der Waals surface area contributed by atoms with Gasteiger partial charge in [0.15, 0.2) is 0 Å². The van der Waals surface area contributed by atoms with E-state index in [0.717, 1.165) is 0 Å². The number of carbonyl (C=O) groups excluding carboxylic acids is 1. The summed E-state index contributed by atoms with van der Waals surface area (Å²) in [5.41, 5.74) is 1.87. The van der Waals surface area contributed by atoms with Crippen molar-refractivity contribution in [2.45, 2.75) is 25.3 Å². The van der Waals surface area contributed by atoms with E-state index in [1.807, 2.05) is 0 Å². The van der Waals surface area contributed by atoms with Gasteiger partial charge in [-0.25, -0.2) is 13.1 Å². The second-order valence-electron chi connectivity index (χ2n) is 5.30. The molecule has 2 aromatic carbocycles. The topological polar surface area (TPSA) is 84.5 Å². The van der Waals surface area contributed by atoms with Crippen LogP contribution < -0.4 is 14.8 Å². The molecule has 0 unspecified atom stereocenters. The number of aryl methyl sites for hydroxylation is 1. The molecule has 0 saturated heterocycles. The van der Waals surface area contributed by atoms with Crippen molar-refractivity contribution in [1.29, 1.82) is 0 Å². The fourth-order valence-electron chi connectivity index (χ4n) is 2.31. The highest BCUT2D eigenvalue weighted by Gasteiger charge is 2.17. The van der Waals surface area contributed by atoms with Gasteiger partial charge in [0.05, 0.1) is 12.0 Å². The Balaban J connectivity index is 2.24. The molecule has 0 aliphatic rings. The molecule has 0 spiro atoms. The Morgan fingerprint density at radius 3 is 2.50 bits per heavy atom. The van der Waals surface area contributed by atoms with E-state index in [1.54, 1.807) is 49.4 Å². The molecule has 128 valence electrons. The number of benzene rings is 2. The standard InChI is InChI=1S/C17H20N2O4S/c1-12-6-4-5-7-17(12)24(21,22)18-11-14-10-15(19-13(2)20)8-9-16(14)23-3/h4-10,18H,11H2,1-3H3,(H,19,20). The molecule has 0 aliphatic carbocycles. The quantitative estimate of drug-likeness (QED) is 0.840. The lowest BCUT2D eigenvalue weighted by Crippen LogP contribution is -2.24. The highest BCUT2D eigenvalue weighted by atomic mass is 32.2. The summed E-state index contributed by atoms with van der Waals surface area (Å²) >= 11 is 0. The number of hydrogen-bond donors (Lipinski definition) is 2. The predicted octanol–water partition coefficient (Wildman–Crippen LogP) is 2.44. The van der Waals surface area contributed by atoms with Crippen LogP contribution in [-0.2, 0) is 21.4 Å². The second kappa shape index (κ2) is 7.46. The number of amides is 1. The summed E-state index contributed by atoms with van der Waals surface area (Å²) in [6.07, 6.45) is 0. The van der Waals surface area contributed by atoms with Gasteiger partial charge in [0.2, 0.25) is 15.9 Å². The van der Waals surface area contributed by atoms with Gasteiger partial charge in [-0.1, -0.05) is 18.2 Å². The molecule has 0 bridgehead atoms. The summed E-state index contributed by atoms with van der Waals surface area (Å²) in [5, 5.41) is 2.66. The van der Waals surface area contributed by atoms with E-state index < -0.39 is 10.0 Å². The Labute approximate surface area is 141 Å². The smallest absolute Gasteiger partial charge is 0.241 e. The van der Waals surface area contributed by atoms with Crippen LogP contribution in [0.3, 0.4) is 0 Å². The SMILES string of the molecule is COc1ccc(NC(C)=O)cc1CNS(=O)(=O)c1ccccc1C. The van der Waals surface area contributed by atoms with Crippen LogP contribution in [0.2, 0.25) is 0 Å². The predicted molar refractivity (Wildman–Crippen MR) is 92.5 cm³/mol. The van der Waals surface area contributed by atoms with Crippen LogP contribution in [0.25, 0.3) is 0 Å². The van der Waals surface area contributed by atoms with Crippen molar-refractivity contribution in [3.8, 4) is 5.75 Å². The van der Waals surface area contributed by atoms with E-state index in [0.29, 0.717) is 22.6 Å². The third kappa shape index (κ3) is 4.33. The molecule has 24 heavy (non-hydrogen) atoms. The molecular weight excluding hydrogens is 328 g/mol. The lowest BCUT2D eigenvalue weighted by atomic mass is 10.2. The maximum atomic E-state index is 12.5. The molecule has 2 rings (SSSR count). The number of hydrogen-bond acceptors (Lipinski definition) is 4. The Morgan fingerprint density at radius 2 is 1.88 bits per heavy atom. The Bertz CT molecular complexity index is 847. The molecule has 0 saturated carbocycles. The number of ether oxygens (including phenoxy) is 1. The lowest BCUT2D eigenvalue weighted by Gasteiger charge is -2.13. The summed E-state index contributed by atoms with van der Waals surface area (Å²) in [6, 6.07) is 11.8. The Hall–Kier alpha value is -2.38. The van der Waals surface area contributed by atoms with Gasteiger partial charge in [-0.2, -0.15) is 0 Å². The van der Waals surface area contributed by atoms with E-state index in [-0.39, 0.29) is 17.3 Å². The maximum absolute atomic E-state index is 12.5. The first kappa shape index (κ1) is 18.0. The molecule has 0 heterocycles. The minimum Gasteiger partial charge on any atom is -0.496 e. The minimum atomic E-state index is -3.64. The zero-order chi connectivity index (χ0) is 17.7. The molecule has 0 aromatic heterocycles. The van der Waals surface area contributed by atoms with Crippen LogP contribution in [0, 0.1) is 6.92 Å². The highest BCUT2D eigenvalue weighted by Crippen LogP contribution is 2.23. The van der Waals surface area contributed by atoms with E-state index >= 15 is 0 Å². The van der Waals surface area contributed by atoms with Crippen LogP contribution in [0.5, 0.6) is 5.75 Å². The molecule has 6 nitrogen and oxygen atoms in total. The van der Waals surface area contributed by atoms with Crippen molar-refractivity contribution in [3.05, 3.63) is 53.6 Å². The van der Waals surface area contributed by atoms with E-state index in [2.05, 4.69) is 10.0 Å². The molecule has 7 heteroatoms. The first-order valence-corrected chi connectivity index (χ1v) is 8.81. The summed E-state index contributed by atoms with van der Waals surface area (Å²) < 4.78 is 32.8. The van der Waals surface area contributed by atoms with Crippen molar-refractivity contribution in [3.63, 3.8) is 0 Å². The molecule has 0 atom stereocenters. The van der Waals surface area contributed by atoms with Crippen LogP contribution >= 0.6 is 0 Å². The fraction of sp³-hybridized carbons (Fsp3) is 0.235. The number of nitrogens with one attached hydrogen (secondary N) is 2. The van der Waals surface area contributed by atoms with Crippen molar-refractivity contribution in [2.24, 2.45) is 0 Å². The zero-order valence-corrected chi connectivity index (χ0v) is 14.6. The van der Waals surface area contributed by atoms with Gasteiger partial charge in [0.1, 0.15) is 5.75 Å². The largest absolute Gasteiger partial charge is 0.496 e. The van der Waals surface area contributed by atoms with Gasteiger partial charge in [0.25, 0.3) is 0 Å². The van der Waals surface area contributed by atoms with Crippen LogP contribution in [0.4, 0.5) is 5.69 Å². The molecular formula is C17H20N2O4S. The van der Waals surface area contributed by atoms with E-state index in [9.17, 15) is 13.2 Å². The maximum Gasteiger partial charge on any atom is 0.241 e. The number of anilines is 1. The van der Waals surface area contributed by atoms with Crippen molar-refractivity contribution < 1.29 is 17.9 Å². The number of methoxy groups -OCH3 is 1. The number of carbonyl (C=O) groups is 1. The molecule has 2 aromatic rings. The van der Waals surface area contributed by atoms with Gasteiger partial charge in [-0.15, -0.1) is 0 Å². The normalized spacial score (nSPS) is 11.1. The Morgan fingerprint density at radius 1 is 1.17 bits per heavy atom. The van der Waals surface area contributed by atoms with Crippen molar-refractivity contribution in [1.82, 2.24) is 4.72 Å². The number of rotatable bonds is 6. The van der Waals surface area contributed by atoms with Crippen LogP contribution in [0.1, 0.15) is 18.1 Å². The van der Waals surface area contributed by atoms with Gasteiger partial charge in [-0.05, 0) is 36.8 Å². The fourth-order valence-corrected chi connectivity index (χ4v) is 3.56. The first-order chi connectivity index (χ1) is 11.3. The summed E-state index contributed by atoms with van der Waals surface area (Å²) in [6.45, 7) is 3.20. The molecule has 1 amide bonds.